The van der Waals surface area contributed by atoms with Crippen molar-refractivity contribution in [2.45, 2.75) is 6.54 Å². The molecule has 0 unspecified atom stereocenters. The van der Waals surface area contributed by atoms with Crippen LogP contribution in [0.5, 0.6) is 23.0 Å². The molecule has 8 nitrogen and oxygen atoms in total. The van der Waals surface area contributed by atoms with Gasteiger partial charge in [-0.3, -0.25) is 9.69 Å². The third-order valence-electron chi connectivity index (χ3n) is 5.16. The van der Waals surface area contributed by atoms with E-state index in [1.54, 1.807) is 36.5 Å². The second-order valence-corrected chi connectivity index (χ2v) is 7.97. The van der Waals surface area contributed by atoms with Gasteiger partial charge in [-0.1, -0.05) is 0 Å². The van der Waals surface area contributed by atoms with Gasteiger partial charge in [0.15, 0.2) is 16.6 Å². The number of rotatable bonds is 9. The molecule has 0 bridgehead atoms. The molecular weight excluding hydrogens is 456 g/mol. The minimum atomic E-state index is -0.286. The highest BCUT2D eigenvalue weighted by molar-refractivity contribution is 7.14. The van der Waals surface area contributed by atoms with Gasteiger partial charge in [-0.2, -0.15) is 0 Å². The minimum absolute atomic E-state index is 0.206. The van der Waals surface area contributed by atoms with Crippen LogP contribution in [-0.2, 0) is 6.54 Å². The zero-order valence-corrected chi connectivity index (χ0v) is 20.0. The molecular formula is C25H24N2O6S. The van der Waals surface area contributed by atoms with Crippen molar-refractivity contribution < 1.29 is 28.2 Å². The number of hydrogen-bond acceptors (Lipinski definition) is 8. The fourth-order valence-electron chi connectivity index (χ4n) is 3.43. The van der Waals surface area contributed by atoms with E-state index in [0.29, 0.717) is 33.7 Å². The fourth-order valence-corrected chi connectivity index (χ4v) is 4.26. The molecule has 0 aliphatic rings. The Labute approximate surface area is 201 Å². The summed E-state index contributed by atoms with van der Waals surface area (Å²) in [6.07, 6.45) is 1.57. The number of amides is 1. The monoisotopic (exact) mass is 480 g/mol. The summed E-state index contributed by atoms with van der Waals surface area (Å²) in [6, 6.07) is 14.4. The largest absolute Gasteiger partial charge is 0.497 e. The second-order valence-electron chi connectivity index (χ2n) is 7.13. The van der Waals surface area contributed by atoms with Gasteiger partial charge in [-0.25, -0.2) is 4.98 Å². The second kappa shape index (κ2) is 10.3. The van der Waals surface area contributed by atoms with E-state index >= 15 is 0 Å². The van der Waals surface area contributed by atoms with Crippen molar-refractivity contribution in [3.05, 3.63) is 71.5 Å². The van der Waals surface area contributed by atoms with Crippen LogP contribution >= 0.6 is 11.3 Å². The lowest BCUT2D eigenvalue weighted by atomic mass is 10.1. The molecule has 0 N–H and O–H groups in total. The van der Waals surface area contributed by atoms with Gasteiger partial charge in [0.1, 0.15) is 11.5 Å². The van der Waals surface area contributed by atoms with Crippen molar-refractivity contribution in [3.63, 3.8) is 0 Å². The van der Waals surface area contributed by atoms with Gasteiger partial charge in [0.2, 0.25) is 5.75 Å². The maximum Gasteiger partial charge on any atom is 0.260 e. The minimum Gasteiger partial charge on any atom is -0.497 e. The van der Waals surface area contributed by atoms with Crippen LogP contribution in [0.2, 0.25) is 0 Å². The van der Waals surface area contributed by atoms with Gasteiger partial charge < -0.3 is 23.4 Å². The van der Waals surface area contributed by atoms with Crippen LogP contribution in [-0.4, -0.2) is 39.3 Å². The number of carbonyl (C=O) groups is 1. The molecule has 0 atom stereocenters. The lowest BCUT2D eigenvalue weighted by Gasteiger charge is -2.20. The fraction of sp³-hybridized carbons (Fsp3) is 0.200. The molecule has 9 heteroatoms. The summed E-state index contributed by atoms with van der Waals surface area (Å²) in [7, 11) is 6.15. The van der Waals surface area contributed by atoms with Crippen LogP contribution in [0.15, 0.2) is 64.6 Å². The van der Waals surface area contributed by atoms with E-state index in [9.17, 15) is 4.79 Å². The van der Waals surface area contributed by atoms with E-state index in [1.165, 1.54) is 32.7 Å². The van der Waals surface area contributed by atoms with Crippen LogP contribution in [0.25, 0.3) is 11.3 Å². The van der Waals surface area contributed by atoms with E-state index in [1.807, 2.05) is 35.7 Å². The number of carbonyl (C=O) groups excluding carboxylic acids is 1. The zero-order valence-electron chi connectivity index (χ0n) is 19.2. The first-order valence-corrected chi connectivity index (χ1v) is 11.2. The molecule has 1 amide bonds. The number of nitrogens with zero attached hydrogens (tertiary/aromatic N) is 2. The molecule has 2 aromatic carbocycles. The Morgan fingerprint density at radius 3 is 2.24 bits per heavy atom. The topological polar surface area (TPSA) is 83.3 Å². The highest BCUT2D eigenvalue weighted by atomic mass is 32.1. The average molecular weight is 481 g/mol. The first kappa shape index (κ1) is 23.2. The summed E-state index contributed by atoms with van der Waals surface area (Å²) in [5.74, 6) is 2.29. The first-order valence-electron chi connectivity index (χ1n) is 10.3. The molecule has 34 heavy (non-hydrogen) atoms. The Morgan fingerprint density at radius 1 is 0.971 bits per heavy atom. The van der Waals surface area contributed by atoms with Crippen molar-refractivity contribution in [2.24, 2.45) is 0 Å². The number of furan rings is 1. The van der Waals surface area contributed by atoms with Gasteiger partial charge in [0.05, 0.1) is 46.9 Å². The molecule has 0 radical (unpaired) electrons. The summed E-state index contributed by atoms with van der Waals surface area (Å²) in [5.41, 5.74) is 2.04. The molecule has 2 heterocycles. The lowest BCUT2D eigenvalue weighted by molar-refractivity contribution is 0.0982. The van der Waals surface area contributed by atoms with Crippen molar-refractivity contribution in [3.8, 4) is 34.3 Å². The quantitative estimate of drug-likeness (QED) is 0.322. The number of benzene rings is 2. The number of thiazole rings is 1. The molecule has 0 aliphatic heterocycles. The lowest BCUT2D eigenvalue weighted by Crippen LogP contribution is -2.30. The standard InChI is InChI=1S/C25H24N2O6S/c1-29-18-9-7-16(8-10-18)20-15-34-25(26-20)27(14-19-6-5-11-33-19)24(28)17-12-21(30-2)23(32-4)22(13-17)31-3/h5-13,15H,14H2,1-4H3. The molecule has 0 spiro atoms. The van der Waals surface area contributed by atoms with Crippen LogP contribution in [0.1, 0.15) is 16.1 Å². The SMILES string of the molecule is COc1ccc(-c2csc(N(Cc3ccco3)C(=O)c3cc(OC)c(OC)c(OC)c3)n2)cc1. The molecule has 0 saturated carbocycles. The van der Waals surface area contributed by atoms with Crippen LogP contribution in [0, 0.1) is 0 Å². The van der Waals surface area contributed by atoms with E-state index in [2.05, 4.69) is 0 Å². The molecule has 0 aliphatic carbocycles. The van der Waals surface area contributed by atoms with E-state index < -0.39 is 0 Å². The normalized spacial score (nSPS) is 10.6. The summed E-state index contributed by atoms with van der Waals surface area (Å²) >= 11 is 1.37. The Hall–Kier alpha value is -3.98. The van der Waals surface area contributed by atoms with Crippen molar-refractivity contribution in [1.82, 2.24) is 4.98 Å². The van der Waals surface area contributed by atoms with E-state index in [-0.39, 0.29) is 12.5 Å². The van der Waals surface area contributed by atoms with Crippen LogP contribution in [0.3, 0.4) is 0 Å². The predicted octanol–water partition coefficient (Wildman–Crippen LogP) is 5.28. The molecule has 4 aromatic rings. The highest BCUT2D eigenvalue weighted by Crippen LogP contribution is 2.39. The van der Waals surface area contributed by atoms with Gasteiger partial charge in [-0.05, 0) is 48.5 Å². The summed E-state index contributed by atoms with van der Waals surface area (Å²) in [6.45, 7) is 0.206. The Balaban J connectivity index is 1.72. The molecule has 2 aromatic heterocycles. The number of anilines is 1. The van der Waals surface area contributed by atoms with Gasteiger partial charge in [0.25, 0.3) is 5.91 Å². The van der Waals surface area contributed by atoms with E-state index in [4.69, 9.17) is 28.3 Å². The van der Waals surface area contributed by atoms with E-state index in [0.717, 1.165) is 17.0 Å². The number of aromatic nitrogens is 1. The molecule has 0 saturated heterocycles. The first-order chi connectivity index (χ1) is 16.6. The Morgan fingerprint density at radius 2 is 1.68 bits per heavy atom. The number of hydrogen-bond donors (Lipinski definition) is 0. The maximum atomic E-state index is 13.7. The molecule has 176 valence electrons. The third-order valence-corrected chi connectivity index (χ3v) is 6.02. The smallest absolute Gasteiger partial charge is 0.260 e. The Bertz CT molecular complexity index is 1230. The van der Waals surface area contributed by atoms with Crippen LogP contribution in [0.4, 0.5) is 5.13 Å². The molecule has 4 rings (SSSR count). The zero-order chi connectivity index (χ0) is 24.1. The van der Waals surface area contributed by atoms with Crippen molar-refractivity contribution >= 4 is 22.4 Å². The van der Waals surface area contributed by atoms with Crippen molar-refractivity contribution in [2.75, 3.05) is 33.3 Å². The van der Waals surface area contributed by atoms with Crippen LogP contribution < -0.4 is 23.8 Å². The predicted molar refractivity (Wildman–Crippen MR) is 129 cm³/mol. The maximum absolute atomic E-state index is 13.7. The third kappa shape index (κ3) is 4.69. The highest BCUT2D eigenvalue weighted by Gasteiger charge is 2.25. The van der Waals surface area contributed by atoms with Gasteiger partial charge >= 0.3 is 0 Å². The summed E-state index contributed by atoms with van der Waals surface area (Å²) in [5, 5.41) is 2.44. The summed E-state index contributed by atoms with van der Waals surface area (Å²) in [4.78, 5) is 20.0. The van der Waals surface area contributed by atoms with Gasteiger partial charge in [-0.15, -0.1) is 11.3 Å². The Kier molecular flexibility index (Phi) is 7.03. The number of methoxy groups -OCH3 is 4. The number of ether oxygens (including phenoxy) is 4. The average Bonchev–Trinajstić information content (AvgIpc) is 3.58. The van der Waals surface area contributed by atoms with Gasteiger partial charge in [0, 0.05) is 16.5 Å². The molecule has 0 fully saturated rings. The van der Waals surface area contributed by atoms with Crippen molar-refractivity contribution in [1.29, 1.82) is 0 Å². The summed E-state index contributed by atoms with van der Waals surface area (Å²) < 4.78 is 27.0.